The number of likely N-dealkylation sites (N-methyl/N-ethyl adjacent to an activating group) is 1. The van der Waals surface area contributed by atoms with Crippen LogP contribution in [0.15, 0.2) is 35.1 Å². The third kappa shape index (κ3) is 2.52. The minimum Gasteiger partial charge on any atom is -0.508 e. The number of carbonyl (C=O) groups is 3. The van der Waals surface area contributed by atoms with Gasteiger partial charge < -0.3 is 25.5 Å². The molecular weight excluding hydrogens is 418 g/mol. The predicted octanol–water partition coefficient (Wildman–Crippen LogP) is 0.599. The first-order chi connectivity index (χ1) is 14.9. The molecule has 5 N–H and O–H groups in total. The molecule has 1 aromatic rings. The Kier molecular flexibility index (Phi) is 4.85. The average molecular weight is 443 g/mol. The van der Waals surface area contributed by atoms with E-state index in [1.807, 2.05) is 0 Å². The molecule has 0 amide bonds. The predicted molar refractivity (Wildman–Crippen MR) is 112 cm³/mol. The maximum atomic E-state index is 13.7. The molecule has 9 heteroatoms. The summed E-state index contributed by atoms with van der Waals surface area (Å²) in [6, 6.07) is 3.26. The molecule has 9 nitrogen and oxygen atoms in total. The Hall–Kier alpha value is -3.01. The Labute approximate surface area is 183 Å². The third-order valence-electron chi connectivity index (χ3n) is 7.10. The highest BCUT2D eigenvalue weighted by Crippen LogP contribution is 2.55. The number of hydrogen-bond donors (Lipinski definition) is 5. The van der Waals surface area contributed by atoms with Crippen LogP contribution in [0.5, 0.6) is 5.75 Å². The highest BCUT2D eigenvalue weighted by molar-refractivity contribution is 6.25. The summed E-state index contributed by atoms with van der Waals surface area (Å²) in [6.07, 6.45) is -1.55. The van der Waals surface area contributed by atoms with Crippen molar-refractivity contribution in [3.05, 3.63) is 46.2 Å². The number of hydrogen-bond acceptors (Lipinski definition) is 9. The Morgan fingerprint density at radius 1 is 1.12 bits per heavy atom. The molecule has 0 radical (unpaired) electrons. The summed E-state index contributed by atoms with van der Waals surface area (Å²) in [5, 5.41) is 55.1. The molecule has 6 unspecified atom stereocenters. The van der Waals surface area contributed by atoms with Crippen LogP contribution in [0.25, 0.3) is 5.76 Å². The normalized spacial score (nSPS) is 34.4. The zero-order chi connectivity index (χ0) is 23.9. The molecule has 1 saturated carbocycles. The zero-order valence-electron chi connectivity index (χ0n) is 18.0. The lowest BCUT2D eigenvalue weighted by atomic mass is 9.54. The van der Waals surface area contributed by atoms with E-state index < -0.39 is 69.9 Å². The van der Waals surface area contributed by atoms with Crippen LogP contribution in [0, 0.1) is 11.8 Å². The molecule has 6 atom stereocenters. The monoisotopic (exact) mass is 443 g/mol. The summed E-state index contributed by atoms with van der Waals surface area (Å²) >= 11 is 0. The number of fused-ring (bicyclic) bond motifs is 3. The number of phenolic OH excluding ortho intramolecular Hbond substituents is 1. The van der Waals surface area contributed by atoms with E-state index in [0.717, 1.165) is 6.92 Å². The smallest absolute Gasteiger partial charge is 0.202 e. The molecule has 0 bridgehead atoms. The zero-order valence-corrected chi connectivity index (χ0v) is 18.0. The van der Waals surface area contributed by atoms with Crippen LogP contribution in [0.4, 0.5) is 0 Å². The van der Waals surface area contributed by atoms with Gasteiger partial charge in [-0.05, 0) is 38.6 Å². The Bertz CT molecular complexity index is 1130. The number of aromatic hydroxyl groups is 1. The van der Waals surface area contributed by atoms with Crippen LogP contribution in [0.3, 0.4) is 0 Å². The number of aliphatic hydroxyl groups is 4. The summed E-state index contributed by atoms with van der Waals surface area (Å²) in [5.41, 5.74) is -3.40. The summed E-state index contributed by atoms with van der Waals surface area (Å²) in [5.74, 6) is -7.90. The van der Waals surface area contributed by atoms with Gasteiger partial charge in [-0.2, -0.15) is 0 Å². The van der Waals surface area contributed by atoms with Crippen molar-refractivity contribution in [1.82, 2.24) is 4.90 Å². The third-order valence-corrected chi connectivity index (χ3v) is 7.10. The molecule has 1 aromatic carbocycles. The van der Waals surface area contributed by atoms with E-state index in [1.54, 1.807) is 19.1 Å². The van der Waals surface area contributed by atoms with Crippen LogP contribution >= 0.6 is 0 Å². The van der Waals surface area contributed by atoms with E-state index in [9.17, 15) is 39.9 Å². The summed E-state index contributed by atoms with van der Waals surface area (Å²) in [6.45, 7) is 2.72. The Balaban J connectivity index is 2.07. The van der Waals surface area contributed by atoms with Gasteiger partial charge in [-0.25, -0.2) is 0 Å². The van der Waals surface area contributed by atoms with Gasteiger partial charge in [0.1, 0.15) is 22.8 Å². The molecule has 0 aromatic heterocycles. The highest BCUT2D eigenvalue weighted by Gasteiger charge is 2.68. The minimum absolute atomic E-state index is 0.000145. The molecule has 0 heterocycles. The molecule has 1 fully saturated rings. The quantitative estimate of drug-likeness (QED) is 0.413. The van der Waals surface area contributed by atoms with Crippen molar-refractivity contribution in [2.75, 3.05) is 14.1 Å². The molecule has 32 heavy (non-hydrogen) atoms. The van der Waals surface area contributed by atoms with Gasteiger partial charge in [0.2, 0.25) is 5.78 Å². The topological polar surface area (TPSA) is 156 Å². The highest BCUT2D eigenvalue weighted by atomic mass is 16.4. The second-order valence-electron chi connectivity index (χ2n) is 8.98. The number of nitrogens with zero attached hydrogens (tertiary/aromatic N) is 1. The van der Waals surface area contributed by atoms with Gasteiger partial charge in [-0.1, -0.05) is 19.1 Å². The summed E-state index contributed by atoms with van der Waals surface area (Å²) < 4.78 is 0. The van der Waals surface area contributed by atoms with E-state index >= 15 is 0 Å². The van der Waals surface area contributed by atoms with Gasteiger partial charge in [-0.15, -0.1) is 0 Å². The molecular formula is C23H25NO8. The van der Waals surface area contributed by atoms with Gasteiger partial charge in [0.25, 0.3) is 0 Å². The number of aliphatic hydroxyl groups excluding tert-OH is 3. The first-order valence-electron chi connectivity index (χ1n) is 10.2. The number of benzene rings is 1. The number of carbonyl (C=O) groups excluding carboxylic acids is 3. The van der Waals surface area contributed by atoms with Gasteiger partial charge in [0, 0.05) is 11.5 Å². The molecule has 170 valence electrons. The lowest BCUT2D eigenvalue weighted by Crippen LogP contribution is -2.70. The van der Waals surface area contributed by atoms with Crippen molar-refractivity contribution in [3.8, 4) is 5.75 Å². The van der Waals surface area contributed by atoms with Gasteiger partial charge in [0.15, 0.2) is 17.2 Å². The summed E-state index contributed by atoms with van der Waals surface area (Å²) in [7, 11) is 3.00. The van der Waals surface area contributed by atoms with E-state index in [2.05, 4.69) is 0 Å². The van der Waals surface area contributed by atoms with Gasteiger partial charge in [-0.3, -0.25) is 19.3 Å². The maximum Gasteiger partial charge on any atom is 0.202 e. The second-order valence-corrected chi connectivity index (χ2v) is 8.98. The van der Waals surface area contributed by atoms with E-state index in [-0.39, 0.29) is 16.9 Å². The molecule has 0 aliphatic heterocycles. The molecule has 3 aliphatic carbocycles. The fraction of sp³-hybridized carbons (Fsp3) is 0.435. The van der Waals surface area contributed by atoms with Crippen molar-refractivity contribution in [2.24, 2.45) is 11.8 Å². The SMILES string of the molecule is CC(=O)C1=C(O)C2(O)C(=O)C3=C(O)c4c(O)cccc4C(C)C3C(O)C2C(N(C)C)C1=O. The fourth-order valence-electron chi connectivity index (χ4n) is 5.68. The van der Waals surface area contributed by atoms with Crippen LogP contribution in [-0.2, 0) is 14.4 Å². The van der Waals surface area contributed by atoms with Gasteiger partial charge >= 0.3 is 0 Å². The summed E-state index contributed by atoms with van der Waals surface area (Å²) in [4.78, 5) is 40.3. The van der Waals surface area contributed by atoms with E-state index in [4.69, 9.17) is 0 Å². The number of ketones is 3. The molecule has 0 saturated heterocycles. The van der Waals surface area contributed by atoms with Gasteiger partial charge in [0.05, 0.1) is 23.6 Å². The van der Waals surface area contributed by atoms with Crippen LogP contribution in [0.1, 0.15) is 30.9 Å². The lowest BCUT2D eigenvalue weighted by Gasteiger charge is -2.53. The largest absolute Gasteiger partial charge is 0.508 e. The molecule has 3 aliphatic rings. The van der Waals surface area contributed by atoms with Crippen molar-refractivity contribution in [1.29, 1.82) is 0 Å². The Morgan fingerprint density at radius 2 is 1.75 bits per heavy atom. The average Bonchev–Trinajstić information content (AvgIpc) is 2.70. The Morgan fingerprint density at radius 3 is 2.31 bits per heavy atom. The minimum atomic E-state index is -2.81. The maximum absolute atomic E-state index is 13.7. The lowest BCUT2D eigenvalue weighted by molar-refractivity contribution is -0.169. The number of phenols is 1. The first-order valence-corrected chi connectivity index (χ1v) is 10.2. The van der Waals surface area contributed by atoms with Crippen LogP contribution in [0.2, 0.25) is 0 Å². The number of Topliss-reactive ketones (excluding diaryl/α,β-unsaturated/α-hetero) is 3. The fourth-order valence-corrected chi connectivity index (χ4v) is 5.68. The van der Waals surface area contributed by atoms with Crippen molar-refractivity contribution in [3.63, 3.8) is 0 Å². The first kappa shape index (κ1) is 22.2. The standard InChI is InChI=1S/C23H25NO8/c1-8-10-6-5-7-11(26)14(10)18(27)15-12(8)19(28)16-17(24(3)4)20(29)13(9(2)25)21(30)23(16,32)22(15)31/h5-8,12,16-17,19,26-28,30,32H,1-4H3. The second kappa shape index (κ2) is 6.99. The molecule has 4 rings (SSSR count). The van der Waals surface area contributed by atoms with E-state index in [1.165, 1.54) is 25.1 Å². The van der Waals surface area contributed by atoms with Crippen LogP contribution in [-0.4, -0.2) is 79.6 Å². The van der Waals surface area contributed by atoms with Crippen molar-refractivity contribution in [2.45, 2.75) is 37.5 Å². The van der Waals surface area contributed by atoms with E-state index in [0.29, 0.717) is 5.56 Å². The molecule has 0 spiro atoms. The number of rotatable bonds is 2. The van der Waals surface area contributed by atoms with Crippen molar-refractivity contribution < 1.29 is 39.9 Å². The van der Waals surface area contributed by atoms with Crippen molar-refractivity contribution >= 4 is 23.1 Å². The van der Waals surface area contributed by atoms with Crippen LogP contribution < -0.4 is 0 Å².